The van der Waals surface area contributed by atoms with E-state index in [1.54, 1.807) is 0 Å². The molecule has 0 saturated carbocycles. The highest BCUT2D eigenvalue weighted by molar-refractivity contribution is 5.70. The molecule has 0 radical (unpaired) electrons. The first-order chi connectivity index (χ1) is 11.3. The lowest BCUT2D eigenvalue weighted by molar-refractivity contribution is -0.276. The first-order valence-corrected chi connectivity index (χ1v) is 6.90. The summed E-state index contributed by atoms with van der Waals surface area (Å²) in [6.45, 7) is 1.17. The Labute approximate surface area is 138 Å². The van der Waals surface area contributed by atoms with E-state index in [0.717, 1.165) is 12.1 Å². The molecule has 0 heterocycles. The molecule has 0 bridgehead atoms. The molecule has 2 atom stereocenters. The number of ether oxygens (including phenoxy) is 2. The first-order valence-electron chi connectivity index (χ1n) is 6.90. The van der Waals surface area contributed by atoms with Crippen molar-refractivity contribution < 1.29 is 45.7 Å². The van der Waals surface area contributed by atoms with Crippen LogP contribution in [0.2, 0.25) is 0 Å². The lowest BCUT2D eigenvalue weighted by atomic mass is 9.89. The number of hydrogen-bond acceptors (Lipinski definition) is 4. The predicted molar refractivity (Wildman–Crippen MR) is 73.0 cm³/mol. The van der Waals surface area contributed by atoms with Gasteiger partial charge in [-0.05, 0) is 24.0 Å². The van der Waals surface area contributed by atoms with Crippen LogP contribution in [0.1, 0.15) is 24.8 Å². The molecule has 2 unspecified atom stereocenters. The van der Waals surface area contributed by atoms with Crippen LogP contribution in [0.5, 0.6) is 11.5 Å². The minimum atomic E-state index is -5.15. The Morgan fingerprint density at radius 3 is 2.16 bits per heavy atom. The quantitative estimate of drug-likeness (QED) is 0.711. The zero-order valence-electron chi connectivity index (χ0n) is 12.8. The van der Waals surface area contributed by atoms with Crippen molar-refractivity contribution in [3.8, 4) is 11.5 Å². The second kappa shape index (κ2) is 7.81. The number of aliphatic carboxylic acids is 1. The summed E-state index contributed by atoms with van der Waals surface area (Å²) in [5.41, 5.74) is 5.18. The average molecular weight is 375 g/mol. The van der Waals surface area contributed by atoms with Crippen molar-refractivity contribution in [1.82, 2.24) is 0 Å². The Morgan fingerprint density at radius 2 is 1.72 bits per heavy atom. The maximum Gasteiger partial charge on any atom is 0.573 e. The third-order valence-electron chi connectivity index (χ3n) is 3.25. The molecule has 0 amide bonds. The van der Waals surface area contributed by atoms with Crippen molar-refractivity contribution in [3.63, 3.8) is 0 Å². The predicted octanol–water partition coefficient (Wildman–Crippen LogP) is 3.64. The van der Waals surface area contributed by atoms with E-state index in [-0.39, 0.29) is 18.5 Å². The average Bonchev–Trinajstić information content (AvgIpc) is 2.40. The van der Waals surface area contributed by atoms with E-state index in [1.165, 1.54) is 6.92 Å². The van der Waals surface area contributed by atoms with E-state index >= 15 is 0 Å². The molecule has 0 aromatic heterocycles. The Hall–Kier alpha value is -2.17. The Balaban J connectivity index is 3.17. The van der Waals surface area contributed by atoms with Crippen molar-refractivity contribution >= 4 is 5.97 Å². The monoisotopic (exact) mass is 375 g/mol. The summed E-state index contributed by atoms with van der Waals surface area (Å²) < 4.78 is 81.5. The highest BCUT2D eigenvalue weighted by atomic mass is 19.4. The minimum Gasteiger partial charge on any atom is -0.481 e. The Kier molecular flexibility index (Phi) is 6.52. The van der Waals surface area contributed by atoms with Gasteiger partial charge in [-0.15, -0.1) is 26.3 Å². The fraction of sp³-hybridized carbons (Fsp3) is 0.500. The smallest absolute Gasteiger partial charge is 0.481 e. The van der Waals surface area contributed by atoms with Crippen LogP contribution < -0.4 is 15.2 Å². The molecule has 0 aliphatic carbocycles. The second-order valence-corrected chi connectivity index (χ2v) is 5.20. The van der Waals surface area contributed by atoms with E-state index < -0.39 is 42.0 Å². The zero-order valence-corrected chi connectivity index (χ0v) is 12.8. The molecule has 1 aromatic carbocycles. The van der Waals surface area contributed by atoms with Gasteiger partial charge in [0.1, 0.15) is 11.5 Å². The van der Waals surface area contributed by atoms with Crippen LogP contribution in [0.15, 0.2) is 18.2 Å². The van der Waals surface area contributed by atoms with Crippen molar-refractivity contribution in [1.29, 1.82) is 0 Å². The summed E-state index contributed by atoms with van der Waals surface area (Å²) in [5, 5.41) is 8.96. The molecule has 1 rings (SSSR count). The topological polar surface area (TPSA) is 81.8 Å². The van der Waals surface area contributed by atoms with Crippen molar-refractivity contribution in [2.24, 2.45) is 11.7 Å². The standard InChI is InChI=1S/C14H15F6NO4/c1-7(4-8(6-21)12(22)23)10-3-2-9(24-13(15,16)17)5-11(10)25-14(18,19)20/h2-3,5,7-8H,4,6,21H2,1H3,(H,22,23). The van der Waals surface area contributed by atoms with E-state index in [0.29, 0.717) is 6.07 Å². The summed E-state index contributed by atoms with van der Waals surface area (Å²) in [6.07, 6.45) is -10.4. The normalized spacial score (nSPS) is 14.7. The van der Waals surface area contributed by atoms with Crippen LogP contribution in [0.3, 0.4) is 0 Å². The van der Waals surface area contributed by atoms with Crippen molar-refractivity contribution in [3.05, 3.63) is 23.8 Å². The fourth-order valence-corrected chi connectivity index (χ4v) is 2.18. The molecule has 3 N–H and O–H groups in total. The fourth-order valence-electron chi connectivity index (χ4n) is 2.18. The molecular weight excluding hydrogens is 360 g/mol. The molecule has 5 nitrogen and oxygen atoms in total. The molecule has 11 heteroatoms. The summed E-state index contributed by atoms with van der Waals surface area (Å²) in [5.74, 6) is -4.83. The van der Waals surface area contributed by atoms with Gasteiger partial charge in [0.25, 0.3) is 0 Å². The number of halogens is 6. The van der Waals surface area contributed by atoms with Crippen LogP contribution in [0, 0.1) is 5.92 Å². The maximum absolute atomic E-state index is 12.5. The molecule has 0 saturated heterocycles. The molecule has 25 heavy (non-hydrogen) atoms. The lowest BCUT2D eigenvalue weighted by Gasteiger charge is -2.21. The second-order valence-electron chi connectivity index (χ2n) is 5.20. The van der Waals surface area contributed by atoms with Gasteiger partial charge in [-0.3, -0.25) is 4.79 Å². The third kappa shape index (κ3) is 7.08. The Bertz CT molecular complexity index is 602. The summed E-state index contributed by atoms with van der Waals surface area (Å²) >= 11 is 0. The lowest BCUT2D eigenvalue weighted by Crippen LogP contribution is -2.25. The van der Waals surface area contributed by atoms with Gasteiger partial charge in [-0.2, -0.15) is 0 Å². The van der Waals surface area contributed by atoms with Gasteiger partial charge in [0.15, 0.2) is 0 Å². The van der Waals surface area contributed by atoms with Gasteiger partial charge in [-0.25, -0.2) is 0 Å². The van der Waals surface area contributed by atoms with E-state index in [1.807, 2.05) is 0 Å². The van der Waals surface area contributed by atoms with Crippen LogP contribution in [0.4, 0.5) is 26.3 Å². The van der Waals surface area contributed by atoms with Crippen LogP contribution >= 0.6 is 0 Å². The zero-order chi connectivity index (χ0) is 19.4. The first kappa shape index (κ1) is 20.9. The van der Waals surface area contributed by atoms with Gasteiger partial charge in [-0.1, -0.05) is 13.0 Å². The molecule has 0 spiro atoms. The maximum atomic E-state index is 12.5. The summed E-state index contributed by atoms with van der Waals surface area (Å²) in [4.78, 5) is 11.0. The molecule has 0 aliphatic rings. The van der Waals surface area contributed by atoms with Crippen LogP contribution in [-0.4, -0.2) is 30.3 Å². The number of hydrogen-bond donors (Lipinski definition) is 2. The van der Waals surface area contributed by atoms with Crippen molar-refractivity contribution in [2.75, 3.05) is 6.54 Å². The van der Waals surface area contributed by atoms with E-state index in [4.69, 9.17) is 10.8 Å². The molecule has 1 aromatic rings. The number of benzene rings is 1. The number of carboxylic acid groups (broad SMARTS) is 1. The molecule has 0 fully saturated rings. The van der Waals surface area contributed by atoms with Crippen molar-refractivity contribution in [2.45, 2.75) is 32.0 Å². The van der Waals surface area contributed by atoms with Gasteiger partial charge >= 0.3 is 18.7 Å². The summed E-state index contributed by atoms with van der Waals surface area (Å²) in [6, 6.07) is 2.23. The van der Waals surface area contributed by atoms with E-state index in [2.05, 4.69) is 9.47 Å². The Morgan fingerprint density at radius 1 is 1.16 bits per heavy atom. The minimum absolute atomic E-state index is 0.119. The molecule has 142 valence electrons. The van der Waals surface area contributed by atoms with E-state index in [9.17, 15) is 31.1 Å². The van der Waals surface area contributed by atoms with Crippen LogP contribution in [0.25, 0.3) is 0 Å². The van der Waals surface area contributed by atoms with Gasteiger partial charge in [0.05, 0.1) is 5.92 Å². The van der Waals surface area contributed by atoms with Gasteiger partial charge in [0.2, 0.25) is 0 Å². The largest absolute Gasteiger partial charge is 0.573 e. The number of rotatable bonds is 7. The van der Waals surface area contributed by atoms with Gasteiger partial charge < -0.3 is 20.3 Å². The number of nitrogens with two attached hydrogens (primary N) is 1. The van der Waals surface area contributed by atoms with Crippen LogP contribution in [-0.2, 0) is 4.79 Å². The number of alkyl halides is 6. The number of carboxylic acids is 1. The molecular formula is C14H15F6NO4. The highest BCUT2D eigenvalue weighted by Crippen LogP contribution is 2.38. The SMILES string of the molecule is CC(CC(CN)C(=O)O)c1ccc(OC(F)(F)F)cc1OC(F)(F)F. The summed E-state index contributed by atoms with van der Waals surface area (Å²) in [7, 11) is 0. The third-order valence-corrected chi connectivity index (χ3v) is 3.25. The molecule has 0 aliphatic heterocycles. The van der Waals surface area contributed by atoms with Gasteiger partial charge in [0, 0.05) is 12.6 Å². The number of carbonyl (C=O) groups is 1. The highest BCUT2D eigenvalue weighted by Gasteiger charge is 2.35.